The van der Waals surface area contributed by atoms with Gasteiger partial charge in [0.05, 0.1) is 25.0 Å². The molecule has 0 amide bonds. The van der Waals surface area contributed by atoms with Crippen molar-refractivity contribution in [2.75, 3.05) is 20.3 Å². The highest BCUT2D eigenvalue weighted by molar-refractivity contribution is 5.43. The third kappa shape index (κ3) is 4.24. The normalized spacial score (nSPS) is 14.7. The highest BCUT2D eigenvalue weighted by Crippen LogP contribution is 2.30. The molecule has 1 aromatic heterocycles. The number of benzene rings is 1. The molecule has 0 fully saturated rings. The quantitative estimate of drug-likeness (QED) is 0.860. The van der Waals surface area contributed by atoms with E-state index in [0.29, 0.717) is 31.2 Å². The number of halogens is 3. The molecule has 0 saturated heterocycles. The second kappa shape index (κ2) is 7.59. The lowest BCUT2D eigenvalue weighted by molar-refractivity contribution is -0.145. The number of aromatic nitrogens is 2. The van der Waals surface area contributed by atoms with Gasteiger partial charge in [-0.25, -0.2) is 4.98 Å². The molecule has 0 aliphatic carbocycles. The number of H-pyrrole nitrogens is 1. The molecule has 0 spiro atoms. The van der Waals surface area contributed by atoms with Crippen LogP contribution >= 0.6 is 0 Å². The SMILES string of the molecule is CCOc1ccc(CN2CCc3nc(C(F)(F)F)[nH]c(=O)c3C2)cc1OC. The zero-order chi connectivity index (χ0) is 19.6. The van der Waals surface area contributed by atoms with Crippen LogP contribution in [0.15, 0.2) is 23.0 Å². The van der Waals surface area contributed by atoms with E-state index in [1.165, 1.54) is 0 Å². The first-order valence-electron chi connectivity index (χ1n) is 8.53. The molecule has 1 aromatic carbocycles. The van der Waals surface area contributed by atoms with Crippen LogP contribution in [0.5, 0.6) is 11.5 Å². The molecule has 1 N–H and O–H groups in total. The number of ether oxygens (including phenoxy) is 2. The molecule has 0 bridgehead atoms. The van der Waals surface area contributed by atoms with Gasteiger partial charge in [0.15, 0.2) is 11.5 Å². The van der Waals surface area contributed by atoms with Gasteiger partial charge < -0.3 is 14.5 Å². The van der Waals surface area contributed by atoms with E-state index in [1.54, 1.807) is 7.11 Å². The molecule has 9 heteroatoms. The first-order valence-corrected chi connectivity index (χ1v) is 8.53. The number of rotatable bonds is 5. The fourth-order valence-corrected chi connectivity index (χ4v) is 3.09. The maximum Gasteiger partial charge on any atom is 0.449 e. The third-order valence-electron chi connectivity index (χ3n) is 4.35. The zero-order valence-corrected chi connectivity index (χ0v) is 15.0. The van der Waals surface area contributed by atoms with Crippen LogP contribution in [0.3, 0.4) is 0 Å². The Morgan fingerprint density at radius 1 is 1.30 bits per heavy atom. The minimum atomic E-state index is -4.66. The second-order valence-electron chi connectivity index (χ2n) is 6.22. The summed E-state index contributed by atoms with van der Waals surface area (Å²) in [5, 5.41) is 0. The highest BCUT2D eigenvalue weighted by atomic mass is 19.4. The van der Waals surface area contributed by atoms with Gasteiger partial charge in [-0.3, -0.25) is 9.69 Å². The maximum atomic E-state index is 12.8. The largest absolute Gasteiger partial charge is 0.493 e. The van der Waals surface area contributed by atoms with Gasteiger partial charge in [-0.2, -0.15) is 13.2 Å². The van der Waals surface area contributed by atoms with Crippen molar-refractivity contribution >= 4 is 0 Å². The Labute approximate surface area is 153 Å². The van der Waals surface area contributed by atoms with Crippen LogP contribution in [0.2, 0.25) is 0 Å². The summed E-state index contributed by atoms with van der Waals surface area (Å²) in [4.78, 5) is 19.5. The fraction of sp³-hybridized carbons (Fsp3) is 0.444. The summed E-state index contributed by atoms with van der Waals surface area (Å²) in [6, 6.07) is 5.58. The van der Waals surface area contributed by atoms with Crippen LogP contribution in [0.25, 0.3) is 0 Å². The Balaban J connectivity index is 1.78. The van der Waals surface area contributed by atoms with Crippen molar-refractivity contribution in [3.63, 3.8) is 0 Å². The Morgan fingerprint density at radius 3 is 2.74 bits per heavy atom. The van der Waals surface area contributed by atoms with Crippen LogP contribution in [-0.2, 0) is 25.7 Å². The van der Waals surface area contributed by atoms with E-state index < -0.39 is 17.6 Å². The number of methoxy groups -OCH3 is 1. The number of nitrogens with zero attached hydrogens (tertiary/aromatic N) is 2. The van der Waals surface area contributed by atoms with Crippen molar-refractivity contribution < 1.29 is 22.6 Å². The van der Waals surface area contributed by atoms with Crippen molar-refractivity contribution in [2.24, 2.45) is 0 Å². The molecular formula is C18H20F3N3O3. The third-order valence-corrected chi connectivity index (χ3v) is 4.35. The topological polar surface area (TPSA) is 67.5 Å². The van der Waals surface area contributed by atoms with Crippen LogP contribution in [-0.4, -0.2) is 35.1 Å². The predicted molar refractivity (Wildman–Crippen MR) is 91.8 cm³/mol. The molecule has 27 heavy (non-hydrogen) atoms. The summed E-state index contributed by atoms with van der Waals surface area (Å²) >= 11 is 0. The number of hydrogen-bond acceptors (Lipinski definition) is 5. The summed E-state index contributed by atoms with van der Waals surface area (Å²) in [7, 11) is 1.56. The Morgan fingerprint density at radius 2 is 2.07 bits per heavy atom. The summed E-state index contributed by atoms with van der Waals surface area (Å²) < 4.78 is 49.2. The lowest BCUT2D eigenvalue weighted by Crippen LogP contribution is -2.36. The molecule has 0 atom stereocenters. The van der Waals surface area contributed by atoms with Crippen LogP contribution in [0.1, 0.15) is 29.6 Å². The van der Waals surface area contributed by atoms with Gasteiger partial charge in [0.25, 0.3) is 5.56 Å². The Kier molecular flexibility index (Phi) is 5.41. The van der Waals surface area contributed by atoms with Crippen molar-refractivity contribution in [1.29, 1.82) is 0 Å². The van der Waals surface area contributed by atoms with Gasteiger partial charge in [0, 0.05) is 26.1 Å². The first-order chi connectivity index (χ1) is 12.8. The van der Waals surface area contributed by atoms with E-state index in [-0.39, 0.29) is 24.2 Å². The van der Waals surface area contributed by atoms with Crippen molar-refractivity contribution in [3.8, 4) is 11.5 Å². The molecule has 2 aromatic rings. The lowest BCUT2D eigenvalue weighted by Gasteiger charge is -2.28. The molecule has 0 unspecified atom stereocenters. The minimum Gasteiger partial charge on any atom is -0.493 e. The minimum absolute atomic E-state index is 0.214. The highest BCUT2D eigenvalue weighted by Gasteiger charge is 2.35. The van der Waals surface area contributed by atoms with Gasteiger partial charge in [-0.1, -0.05) is 6.07 Å². The molecule has 1 aliphatic rings. The summed E-state index contributed by atoms with van der Waals surface area (Å²) in [5.41, 5.74) is 0.718. The second-order valence-corrected chi connectivity index (χ2v) is 6.22. The molecule has 6 nitrogen and oxygen atoms in total. The van der Waals surface area contributed by atoms with Gasteiger partial charge >= 0.3 is 6.18 Å². The average molecular weight is 383 g/mol. The number of aromatic amines is 1. The summed E-state index contributed by atoms with van der Waals surface area (Å²) in [5.74, 6) is 0.0186. The summed E-state index contributed by atoms with van der Waals surface area (Å²) in [6.07, 6.45) is -4.37. The van der Waals surface area contributed by atoms with E-state index in [4.69, 9.17) is 9.47 Å². The van der Waals surface area contributed by atoms with E-state index in [2.05, 4.69) is 4.98 Å². The smallest absolute Gasteiger partial charge is 0.449 e. The van der Waals surface area contributed by atoms with Crippen molar-refractivity contribution in [1.82, 2.24) is 14.9 Å². The predicted octanol–water partition coefficient (Wildman–Crippen LogP) is 2.75. The fourth-order valence-electron chi connectivity index (χ4n) is 3.09. The average Bonchev–Trinajstić information content (AvgIpc) is 2.62. The van der Waals surface area contributed by atoms with E-state index in [0.717, 1.165) is 5.56 Å². The van der Waals surface area contributed by atoms with Crippen LogP contribution < -0.4 is 15.0 Å². The standard InChI is InChI=1S/C18H20F3N3O3/c1-3-27-14-5-4-11(8-15(14)26-2)9-24-7-6-13-12(10-24)16(25)23-17(22-13)18(19,20)21/h4-5,8H,3,6-7,9-10H2,1-2H3,(H,22,23,25). The molecule has 1 aliphatic heterocycles. The van der Waals surface area contributed by atoms with Crippen LogP contribution in [0.4, 0.5) is 13.2 Å². The molecule has 0 saturated carbocycles. The number of alkyl halides is 3. The van der Waals surface area contributed by atoms with E-state index in [1.807, 2.05) is 35.0 Å². The molecular weight excluding hydrogens is 363 g/mol. The van der Waals surface area contributed by atoms with E-state index in [9.17, 15) is 18.0 Å². The van der Waals surface area contributed by atoms with Gasteiger partial charge in [-0.05, 0) is 24.6 Å². The van der Waals surface area contributed by atoms with Gasteiger partial charge in [0.1, 0.15) is 0 Å². The van der Waals surface area contributed by atoms with Crippen LogP contribution in [0, 0.1) is 0 Å². The number of fused-ring (bicyclic) bond motifs is 1. The molecule has 146 valence electrons. The summed E-state index contributed by atoms with van der Waals surface area (Å²) in [6.45, 7) is 3.69. The Hall–Kier alpha value is -2.55. The lowest BCUT2D eigenvalue weighted by atomic mass is 10.1. The van der Waals surface area contributed by atoms with Crippen molar-refractivity contribution in [3.05, 3.63) is 51.2 Å². The molecule has 3 rings (SSSR count). The number of nitrogens with one attached hydrogen (secondary N) is 1. The van der Waals surface area contributed by atoms with Gasteiger partial charge in [-0.15, -0.1) is 0 Å². The van der Waals surface area contributed by atoms with Gasteiger partial charge in [0.2, 0.25) is 5.82 Å². The Bertz CT molecular complexity index is 880. The first kappa shape index (κ1) is 19.2. The maximum absolute atomic E-state index is 12.8. The van der Waals surface area contributed by atoms with E-state index >= 15 is 0 Å². The molecule has 2 heterocycles. The monoisotopic (exact) mass is 383 g/mol. The number of hydrogen-bond donors (Lipinski definition) is 1. The zero-order valence-electron chi connectivity index (χ0n) is 15.0. The molecule has 0 radical (unpaired) electrons. The van der Waals surface area contributed by atoms with Crippen molar-refractivity contribution in [2.45, 2.75) is 32.6 Å².